The van der Waals surface area contributed by atoms with E-state index in [1.54, 1.807) is 0 Å². The van der Waals surface area contributed by atoms with Gasteiger partial charge in [0.05, 0.1) is 13.2 Å². The van der Waals surface area contributed by atoms with Gasteiger partial charge < -0.3 is 18.9 Å². The molecule has 0 aromatic rings. The van der Waals surface area contributed by atoms with Crippen molar-refractivity contribution in [1.29, 1.82) is 0 Å². The maximum atomic E-state index is 5.82. The Morgan fingerprint density at radius 2 is 2.12 bits per heavy atom. The number of ether oxygens (including phenoxy) is 4. The van der Waals surface area contributed by atoms with Crippen LogP contribution < -0.4 is 0 Å². The number of fused-ring (bicyclic) bond motifs is 1. The van der Waals surface area contributed by atoms with Crippen LogP contribution in [0.1, 0.15) is 33.6 Å². The third-order valence-electron chi connectivity index (χ3n) is 2.99. The molecule has 3 atom stereocenters. The van der Waals surface area contributed by atoms with Crippen molar-refractivity contribution in [1.82, 2.24) is 0 Å². The van der Waals surface area contributed by atoms with Gasteiger partial charge in [0.15, 0.2) is 5.79 Å². The van der Waals surface area contributed by atoms with E-state index in [9.17, 15) is 0 Å². The maximum absolute atomic E-state index is 5.82. The first-order valence-corrected chi connectivity index (χ1v) is 6.17. The van der Waals surface area contributed by atoms with Crippen molar-refractivity contribution in [2.24, 2.45) is 0 Å². The highest BCUT2D eigenvalue weighted by Gasteiger charge is 2.49. The average Bonchev–Trinajstić information content (AvgIpc) is 2.69. The highest BCUT2D eigenvalue weighted by molar-refractivity contribution is 4.92. The van der Waals surface area contributed by atoms with Gasteiger partial charge in [-0.15, -0.1) is 0 Å². The molecule has 2 rings (SSSR count). The lowest BCUT2D eigenvalue weighted by Gasteiger charge is -2.21. The lowest BCUT2D eigenvalue weighted by Crippen LogP contribution is -2.33. The molecule has 2 saturated heterocycles. The molecule has 0 N–H and O–H groups in total. The fraction of sp³-hybridized carbons (Fsp3) is 1.00. The smallest absolute Gasteiger partial charge is 0.164 e. The van der Waals surface area contributed by atoms with E-state index in [0.717, 1.165) is 19.4 Å². The SMILES string of the molecule is CCCCOC[C@H]1OC[C@@H]2OC(C)(C)O[C@@H]21. The van der Waals surface area contributed by atoms with Crippen LogP contribution in [0.2, 0.25) is 0 Å². The Morgan fingerprint density at radius 3 is 2.88 bits per heavy atom. The predicted molar refractivity (Wildman–Crippen MR) is 59.3 cm³/mol. The second-order valence-electron chi connectivity index (χ2n) is 4.94. The minimum Gasteiger partial charge on any atom is -0.379 e. The summed E-state index contributed by atoms with van der Waals surface area (Å²) >= 11 is 0. The summed E-state index contributed by atoms with van der Waals surface area (Å²) in [5.41, 5.74) is 0. The van der Waals surface area contributed by atoms with E-state index in [2.05, 4.69) is 6.92 Å². The number of rotatable bonds is 5. The van der Waals surface area contributed by atoms with Crippen LogP contribution in [0.5, 0.6) is 0 Å². The van der Waals surface area contributed by atoms with Gasteiger partial charge in [0.2, 0.25) is 0 Å². The van der Waals surface area contributed by atoms with E-state index in [4.69, 9.17) is 18.9 Å². The molecule has 4 heteroatoms. The fourth-order valence-corrected chi connectivity index (χ4v) is 2.21. The van der Waals surface area contributed by atoms with E-state index in [1.165, 1.54) is 0 Å². The monoisotopic (exact) mass is 230 g/mol. The Kier molecular flexibility index (Phi) is 3.85. The molecule has 0 spiro atoms. The molecule has 2 heterocycles. The van der Waals surface area contributed by atoms with Gasteiger partial charge in [-0.25, -0.2) is 0 Å². The highest BCUT2D eigenvalue weighted by Crippen LogP contribution is 2.35. The van der Waals surface area contributed by atoms with E-state index < -0.39 is 5.79 Å². The van der Waals surface area contributed by atoms with Gasteiger partial charge in [0, 0.05) is 6.61 Å². The normalized spacial score (nSPS) is 36.6. The van der Waals surface area contributed by atoms with Gasteiger partial charge in [-0.05, 0) is 20.3 Å². The molecule has 0 bridgehead atoms. The molecule has 2 aliphatic heterocycles. The summed E-state index contributed by atoms with van der Waals surface area (Å²) in [6.07, 6.45) is 2.41. The van der Waals surface area contributed by atoms with Gasteiger partial charge in [-0.2, -0.15) is 0 Å². The van der Waals surface area contributed by atoms with Gasteiger partial charge in [-0.3, -0.25) is 0 Å². The second kappa shape index (κ2) is 5.00. The standard InChI is InChI=1S/C12H22O4/c1-4-5-6-13-7-9-11-10(8-14-9)15-12(2,3)16-11/h9-11H,4-8H2,1-3H3/t9-,10+,11-/m1/s1. The number of hydrogen-bond acceptors (Lipinski definition) is 4. The van der Waals surface area contributed by atoms with Gasteiger partial charge >= 0.3 is 0 Å². The first kappa shape index (κ1) is 12.3. The van der Waals surface area contributed by atoms with Crippen molar-refractivity contribution >= 4 is 0 Å². The largest absolute Gasteiger partial charge is 0.379 e. The second-order valence-corrected chi connectivity index (χ2v) is 4.94. The molecule has 2 fully saturated rings. The summed E-state index contributed by atoms with van der Waals surface area (Å²) in [5, 5.41) is 0. The Bertz CT molecular complexity index is 229. The molecule has 16 heavy (non-hydrogen) atoms. The topological polar surface area (TPSA) is 36.9 Å². The van der Waals surface area contributed by atoms with Crippen LogP contribution in [0.15, 0.2) is 0 Å². The predicted octanol–water partition coefficient (Wildman–Crippen LogP) is 1.72. The lowest BCUT2D eigenvalue weighted by molar-refractivity contribution is -0.179. The van der Waals surface area contributed by atoms with Crippen LogP contribution >= 0.6 is 0 Å². The number of hydrogen-bond donors (Lipinski definition) is 0. The first-order valence-electron chi connectivity index (χ1n) is 6.17. The third-order valence-corrected chi connectivity index (χ3v) is 2.99. The van der Waals surface area contributed by atoms with Crippen LogP contribution in [-0.2, 0) is 18.9 Å². The molecule has 2 aliphatic rings. The first-order chi connectivity index (χ1) is 7.62. The van der Waals surface area contributed by atoms with E-state index >= 15 is 0 Å². The van der Waals surface area contributed by atoms with Gasteiger partial charge in [0.1, 0.15) is 18.3 Å². The van der Waals surface area contributed by atoms with Crippen LogP contribution in [0.3, 0.4) is 0 Å². The maximum Gasteiger partial charge on any atom is 0.164 e. The molecule has 0 aliphatic carbocycles. The zero-order valence-electron chi connectivity index (χ0n) is 10.4. The van der Waals surface area contributed by atoms with Crippen molar-refractivity contribution in [2.45, 2.75) is 57.7 Å². The van der Waals surface area contributed by atoms with Crippen molar-refractivity contribution in [3.8, 4) is 0 Å². The molecule has 94 valence electrons. The summed E-state index contributed by atoms with van der Waals surface area (Å²) in [6, 6.07) is 0. The zero-order valence-corrected chi connectivity index (χ0v) is 10.4. The molecule has 0 unspecified atom stereocenters. The fourth-order valence-electron chi connectivity index (χ4n) is 2.21. The Morgan fingerprint density at radius 1 is 1.31 bits per heavy atom. The Labute approximate surface area is 97.2 Å². The molecule has 0 radical (unpaired) electrons. The molecule has 0 aromatic carbocycles. The minimum atomic E-state index is -0.471. The summed E-state index contributed by atoms with van der Waals surface area (Å²) in [4.78, 5) is 0. The van der Waals surface area contributed by atoms with E-state index in [1.807, 2.05) is 13.8 Å². The summed E-state index contributed by atoms with van der Waals surface area (Å²) in [7, 11) is 0. The highest BCUT2D eigenvalue weighted by atomic mass is 16.8. The van der Waals surface area contributed by atoms with Gasteiger partial charge in [-0.1, -0.05) is 13.3 Å². The van der Waals surface area contributed by atoms with Crippen molar-refractivity contribution in [3.05, 3.63) is 0 Å². The molecular weight excluding hydrogens is 208 g/mol. The Balaban J connectivity index is 1.75. The molecule has 0 amide bonds. The van der Waals surface area contributed by atoms with Crippen LogP contribution in [0.25, 0.3) is 0 Å². The van der Waals surface area contributed by atoms with Gasteiger partial charge in [0.25, 0.3) is 0 Å². The molecule has 4 nitrogen and oxygen atoms in total. The summed E-state index contributed by atoms with van der Waals surface area (Å²) in [5.74, 6) is -0.471. The molecular formula is C12H22O4. The van der Waals surface area contributed by atoms with Crippen LogP contribution in [0, 0.1) is 0 Å². The van der Waals surface area contributed by atoms with E-state index in [0.29, 0.717) is 13.2 Å². The van der Waals surface area contributed by atoms with Crippen molar-refractivity contribution in [3.63, 3.8) is 0 Å². The lowest BCUT2D eigenvalue weighted by atomic mass is 10.2. The van der Waals surface area contributed by atoms with E-state index in [-0.39, 0.29) is 18.3 Å². The average molecular weight is 230 g/mol. The van der Waals surface area contributed by atoms with Crippen LogP contribution in [-0.4, -0.2) is 43.9 Å². The van der Waals surface area contributed by atoms with Crippen molar-refractivity contribution < 1.29 is 18.9 Å². The summed E-state index contributed by atoms with van der Waals surface area (Å²) < 4.78 is 22.7. The zero-order chi connectivity index (χ0) is 11.6. The molecule has 0 saturated carbocycles. The Hall–Kier alpha value is -0.160. The quantitative estimate of drug-likeness (QED) is 0.674. The molecule has 0 aromatic heterocycles. The number of unbranched alkanes of at least 4 members (excludes halogenated alkanes) is 1. The minimum absolute atomic E-state index is 0.0311. The van der Waals surface area contributed by atoms with Crippen LogP contribution in [0.4, 0.5) is 0 Å². The van der Waals surface area contributed by atoms with Crippen molar-refractivity contribution in [2.75, 3.05) is 19.8 Å². The summed E-state index contributed by atoms with van der Waals surface area (Å²) in [6.45, 7) is 8.08. The third kappa shape index (κ3) is 2.74.